The summed E-state index contributed by atoms with van der Waals surface area (Å²) in [5.41, 5.74) is 1.20. The molecule has 1 fully saturated rings. The monoisotopic (exact) mass is 179 g/mol. The molecular formula is C10H13NO2. The van der Waals surface area contributed by atoms with Crippen LogP contribution in [0.4, 0.5) is 0 Å². The van der Waals surface area contributed by atoms with Crippen molar-refractivity contribution in [3.05, 3.63) is 22.7 Å². The molecule has 0 N–H and O–H groups in total. The molecule has 0 saturated heterocycles. The highest BCUT2D eigenvalue weighted by molar-refractivity contribution is 5.91. The molecule has 0 bridgehead atoms. The van der Waals surface area contributed by atoms with E-state index in [1.165, 1.54) is 0 Å². The van der Waals surface area contributed by atoms with Crippen LogP contribution >= 0.6 is 0 Å². The van der Waals surface area contributed by atoms with Crippen LogP contribution in [0.3, 0.4) is 0 Å². The molecule has 0 radical (unpaired) electrons. The smallest absolute Gasteiger partial charge is 0.336 e. The number of hydrogen-bond donors (Lipinski definition) is 0. The van der Waals surface area contributed by atoms with Crippen molar-refractivity contribution in [3.8, 4) is 0 Å². The molecule has 0 aliphatic heterocycles. The first kappa shape index (κ1) is 9.79. The Kier molecular flexibility index (Phi) is 3.51. The highest BCUT2D eigenvalue weighted by Gasteiger charge is 2.19. The summed E-state index contributed by atoms with van der Waals surface area (Å²) < 4.78 is 4.80. The van der Waals surface area contributed by atoms with E-state index in [0.29, 0.717) is 6.61 Å². The first-order valence-corrected chi connectivity index (χ1v) is 4.56. The lowest BCUT2D eigenvalue weighted by atomic mass is 10.2. The summed E-state index contributed by atoms with van der Waals surface area (Å²) in [5, 5.41) is 0. The third-order valence-electron chi connectivity index (χ3n) is 2.12. The van der Waals surface area contributed by atoms with Crippen molar-refractivity contribution in [1.29, 1.82) is 0 Å². The largest absolute Gasteiger partial charge is 0.471 e. The van der Waals surface area contributed by atoms with E-state index in [4.69, 9.17) is 11.3 Å². The van der Waals surface area contributed by atoms with Gasteiger partial charge in [-0.3, -0.25) is 4.79 Å². The van der Waals surface area contributed by atoms with E-state index >= 15 is 0 Å². The predicted octanol–water partition coefficient (Wildman–Crippen LogP) is 2.30. The van der Waals surface area contributed by atoms with Crippen LogP contribution in [0, 0.1) is 6.57 Å². The Balaban J connectivity index is 2.77. The predicted molar refractivity (Wildman–Crippen MR) is 48.7 cm³/mol. The number of ether oxygens (including phenoxy) is 1. The summed E-state index contributed by atoms with van der Waals surface area (Å²) in [6.45, 7) is 8.99. The summed E-state index contributed by atoms with van der Waals surface area (Å²) >= 11 is 0. The van der Waals surface area contributed by atoms with Gasteiger partial charge in [0.2, 0.25) is 0 Å². The Morgan fingerprint density at radius 3 is 2.62 bits per heavy atom. The Hall–Kier alpha value is -1.30. The molecule has 0 atom stereocenters. The van der Waals surface area contributed by atoms with Crippen LogP contribution in [0.1, 0.15) is 32.6 Å². The fourth-order valence-electron chi connectivity index (χ4n) is 1.51. The van der Waals surface area contributed by atoms with Gasteiger partial charge in [0.15, 0.2) is 0 Å². The van der Waals surface area contributed by atoms with Crippen LogP contribution in [0.2, 0.25) is 0 Å². The second-order valence-electron chi connectivity index (χ2n) is 2.99. The van der Waals surface area contributed by atoms with Gasteiger partial charge in [-0.05, 0) is 19.8 Å². The maximum atomic E-state index is 11.3. The minimum atomic E-state index is -0.450. The van der Waals surface area contributed by atoms with Gasteiger partial charge in [0.05, 0.1) is 13.2 Å². The number of carbonyl (C=O) groups excluding carboxylic acids is 1. The van der Waals surface area contributed by atoms with Crippen LogP contribution in [0.15, 0.2) is 11.3 Å². The van der Waals surface area contributed by atoms with Crippen molar-refractivity contribution in [1.82, 2.24) is 0 Å². The summed E-state index contributed by atoms with van der Waals surface area (Å²) in [4.78, 5) is 14.5. The molecule has 0 unspecified atom stereocenters. The van der Waals surface area contributed by atoms with Gasteiger partial charge in [0, 0.05) is 0 Å². The minimum absolute atomic E-state index is 0.222. The summed E-state index contributed by atoms with van der Waals surface area (Å²) in [5.74, 6) is -0.450. The van der Waals surface area contributed by atoms with Crippen molar-refractivity contribution in [2.75, 3.05) is 6.61 Å². The lowest BCUT2D eigenvalue weighted by molar-refractivity contribution is -0.138. The highest BCUT2D eigenvalue weighted by atomic mass is 16.5. The van der Waals surface area contributed by atoms with Gasteiger partial charge in [-0.2, -0.15) is 0 Å². The molecule has 3 nitrogen and oxygen atoms in total. The van der Waals surface area contributed by atoms with Gasteiger partial charge >= 0.3 is 5.97 Å². The zero-order valence-electron chi connectivity index (χ0n) is 7.80. The van der Waals surface area contributed by atoms with Gasteiger partial charge < -0.3 is 4.74 Å². The number of esters is 1. The third kappa shape index (κ3) is 2.32. The first-order valence-electron chi connectivity index (χ1n) is 4.56. The molecule has 70 valence electrons. The molecule has 1 rings (SSSR count). The van der Waals surface area contributed by atoms with E-state index in [0.717, 1.165) is 31.3 Å². The maximum absolute atomic E-state index is 11.3. The second-order valence-corrected chi connectivity index (χ2v) is 2.99. The lowest BCUT2D eigenvalue weighted by Crippen LogP contribution is -2.06. The van der Waals surface area contributed by atoms with E-state index in [9.17, 15) is 4.79 Å². The molecule has 0 aromatic carbocycles. The fourth-order valence-corrected chi connectivity index (χ4v) is 1.51. The number of nitrogens with zero attached hydrogens (tertiary/aromatic N) is 1. The zero-order valence-corrected chi connectivity index (χ0v) is 7.80. The molecular weight excluding hydrogens is 166 g/mol. The molecule has 1 aliphatic carbocycles. The van der Waals surface area contributed by atoms with E-state index in [-0.39, 0.29) is 5.70 Å². The fraction of sp³-hybridized carbons (Fsp3) is 0.600. The van der Waals surface area contributed by atoms with Crippen molar-refractivity contribution in [2.45, 2.75) is 32.6 Å². The lowest BCUT2D eigenvalue weighted by Gasteiger charge is -2.02. The summed E-state index contributed by atoms with van der Waals surface area (Å²) in [6, 6.07) is 0. The molecule has 0 aromatic rings. The molecule has 3 heteroatoms. The normalized spacial score (nSPS) is 15.2. The average molecular weight is 179 g/mol. The second kappa shape index (κ2) is 4.66. The maximum Gasteiger partial charge on any atom is 0.336 e. The van der Waals surface area contributed by atoms with Crippen LogP contribution in [-0.4, -0.2) is 12.6 Å². The average Bonchev–Trinajstić information content (AvgIpc) is 2.59. The Morgan fingerprint density at radius 1 is 1.54 bits per heavy atom. The molecule has 13 heavy (non-hydrogen) atoms. The Bertz CT molecular complexity index is 265. The standard InChI is InChI=1S/C10H13NO2/c1-3-13-10(12)9(11-2)8-6-4-5-7-8/h3-7H2,1H3. The van der Waals surface area contributed by atoms with Crippen LogP contribution in [-0.2, 0) is 9.53 Å². The van der Waals surface area contributed by atoms with Gasteiger partial charge in [-0.25, -0.2) is 4.85 Å². The SMILES string of the molecule is [C-]#[N+]C(C(=O)OCC)=C1CCCC1. The Morgan fingerprint density at radius 2 is 2.15 bits per heavy atom. The van der Waals surface area contributed by atoms with Crippen LogP contribution < -0.4 is 0 Å². The quantitative estimate of drug-likeness (QED) is 0.370. The summed E-state index contributed by atoms with van der Waals surface area (Å²) in [6.07, 6.45) is 3.95. The van der Waals surface area contributed by atoms with E-state index in [2.05, 4.69) is 4.85 Å². The molecule has 0 heterocycles. The zero-order chi connectivity index (χ0) is 9.68. The molecule has 0 spiro atoms. The van der Waals surface area contributed by atoms with Gasteiger partial charge in [0.1, 0.15) is 0 Å². The molecule has 1 saturated carbocycles. The number of allylic oxidation sites excluding steroid dienone is 1. The number of carbonyl (C=O) groups is 1. The van der Waals surface area contributed by atoms with Gasteiger partial charge in [-0.15, -0.1) is 0 Å². The van der Waals surface area contributed by atoms with Crippen LogP contribution in [0.5, 0.6) is 0 Å². The summed E-state index contributed by atoms with van der Waals surface area (Å²) in [7, 11) is 0. The minimum Gasteiger partial charge on any atom is -0.471 e. The van der Waals surface area contributed by atoms with Crippen molar-refractivity contribution in [2.24, 2.45) is 0 Å². The van der Waals surface area contributed by atoms with Crippen molar-refractivity contribution in [3.63, 3.8) is 0 Å². The van der Waals surface area contributed by atoms with Gasteiger partial charge in [0.25, 0.3) is 5.70 Å². The number of rotatable bonds is 2. The molecule has 1 aliphatic rings. The van der Waals surface area contributed by atoms with Crippen molar-refractivity contribution >= 4 is 5.97 Å². The molecule has 0 aromatic heterocycles. The topological polar surface area (TPSA) is 30.7 Å². The third-order valence-corrected chi connectivity index (χ3v) is 2.12. The van der Waals surface area contributed by atoms with Crippen molar-refractivity contribution < 1.29 is 9.53 Å². The Labute approximate surface area is 78.2 Å². The van der Waals surface area contributed by atoms with Gasteiger partial charge in [-0.1, -0.05) is 18.4 Å². The van der Waals surface area contributed by atoms with E-state index in [1.807, 2.05) is 0 Å². The number of hydrogen-bond acceptors (Lipinski definition) is 2. The first-order chi connectivity index (χ1) is 6.29. The highest BCUT2D eigenvalue weighted by Crippen LogP contribution is 2.27. The van der Waals surface area contributed by atoms with Crippen LogP contribution in [0.25, 0.3) is 4.85 Å². The van der Waals surface area contributed by atoms with E-state index < -0.39 is 5.97 Å². The molecule has 0 amide bonds. The van der Waals surface area contributed by atoms with E-state index in [1.54, 1.807) is 6.92 Å².